The highest BCUT2D eigenvalue weighted by Gasteiger charge is 2.19. The van der Waals surface area contributed by atoms with Crippen molar-refractivity contribution in [3.8, 4) is 0 Å². The molecule has 1 N–H and O–H groups in total. The lowest BCUT2D eigenvalue weighted by Gasteiger charge is -2.24. The van der Waals surface area contributed by atoms with Crippen molar-refractivity contribution in [1.29, 1.82) is 0 Å². The van der Waals surface area contributed by atoms with Crippen molar-refractivity contribution >= 4 is 40.0 Å². The van der Waals surface area contributed by atoms with Crippen molar-refractivity contribution in [1.82, 2.24) is 0 Å². The highest BCUT2D eigenvalue weighted by atomic mass is 127. The Morgan fingerprint density at radius 3 is 2.65 bits per heavy atom. The third-order valence-electron chi connectivity index (χ3n) is 3.76. The number of aliphatic hydroxyl groups excluding tert-OH is 1. The Bertz CT molecular complexity index is 348. The zero-order chi connectivity index (χ0) is 15.0. The van der Waals surface area contributed by atoms with Crippen molar-refractivity contribution < 1.29 is 9.90 Å². The molecule has 1 saturated carbocycles. The van der Waals surface area contributed by atoms with Gasteiger partial charge < -0.3 is 5.11 Å². The van der Waals surface area contributed by atoms with Crippen molar-refractivity contribution in [2.45, 2.75) is 62.8 Å². The molecule has 1 aliphatic carbocycles. The van der Waals surface area contributed by atoms with Gasteiger partial charge in [-0.15, -0.1) is 11.6 Å². The number of aliphatic hydroxyl groups is 1. The number of halogens is 2. The van der Waals surface area contributed by atoms with E-state index in [9.17, 15) is 9.90 Å². The minimum absolute atomic E-state index is 0.0278. The zero-order valence-corrected chi connectivity index (χ0v) is 14.8. The van der Waals surface area contributed by atoms with Gasteiger partial charge in [-0.1, -0.05) is 31.9 Å². The van der Waals surface area contributed by atoms with Gasteiger partial charge in [-0.3, -0.25) is 4.79 Å². The monoisotopic (exact) mass is 410 g/mol. The smallest absolute Gasteiger partial charge is 0.155 e. The fourth-order valence-electron chi connectivity index (χ4n) is 2.56. The molecule has 1 aliphatic rings. The molecular weight excluding hydrogens is 387 g/mol. The van der Waals surface area contributed by atoms with E-state index in [2.05, 4.69) is 29.2 Å². The van der Waals surface area contributed by atoms with Gasteiger partial charge in [0.05, 0.1) is 6.10 Å². The Morgan fingerprint density at radius 2 is 2.05 bits per heavy atom. The topological polar surface area (TPSA) is 37.3 Å². The van der Waals surface area contributed by atoms with E-state index in [0.717, 1.165) is 22.8 Å². The van der Waals surface area contributed by atoms with Gasteiger partial charge in [-0.25, -0.2) is 0 Å². The Kier molecular flexibility index (Phi) is 9.05. The van der Waals surface area contributed by atoms with E-state index in [1.807, 2.05) is 0 Å². The summed E-state index contributed by atoms with van der Waals surface area (Å²) in [5.74, 6) is 0.375. The molecule has 0 aliphatic heterocycles. The van der Waals surface area contributed by atoms with E-state index in [1.54, 1.807) is 6.08 Å². The Labute approximate surface area is 140 Å². The van der Waals surface area contributed by atoms with Crippen LogP contribution in [-0.2, 0) is 4.79 Å². The van der Waals surface area contributed by atoms with Gasteiger partial charge in [-0.05, 0) is 63.8 Å². The summed E-state index contributed by atoms with van der Waals surface area (Å²) in [5.41, 5.74) is 0. The first-order valence-corrected chi connectivity index (χ1v) is 8.87. The van der Waals surface area contributed by atoms with E-state index < -0.39 is 6.10 Å². The molecule has 2 atom stereocenters. The predicted octanol–water partition coefficient (Wildman–Crippen LogP) is 4.78. The first-order valence-electron chi connectivity index (χ1n) is 7.35. The van der Waals surface area contributed by atoms with Crippen LogP contribution in [0, 0.1) is 5.92 Å². The maximum Gasteiger partial charge on any atom is 0.155 e. The van der Waals surface area contributed by atoms with E-state index in [1.165, 1.54) is 25.3 Å². The van der Waals surface area contributed by atoms with Gasteiger partial charge in [-0.2, -0.15) is 0 Å². The van der Waals surface area contributed by atoms with Crippen LogP contribution in [0.5, 0.6) is 0 Å². The summed E-state index contributed by atoms with van der Waals surface area (Å²) in [6.07, 6.45) is 10.4. The van der Waals surface area contributed by atoms with Gasteiger partial charge in [0.2, 0.25) is 0 Å². The molecule has 0 bridgehead atoms. The summed E-state index contributed by atoms with van der Waals surface area (Å²) < 4.78 is 1.01. The molecule has 2 nitrogen and oxygen atoms in total. The number of carbonyl (C=O) groups excluding carboxylic acids is 1. The van der Waals surface area contributed by atoms with Gasteiger partial charge in [0.1, 0.15) is 0 Å². The van der Waals surface area contributed by atoms with E-state index in [0.29, 0.717) is 18.8 Å². The van der Waals surface area contributed by atoms with Crippen molar-refractivity contribution in [2.24, 2.45) is 5.92 Å². The van der Waals surface area contributed by atoms with Crippen LogP contribution in [0.2, 0.25) is 0 Å². The van der Waals surface area contributed by atoms with Crippen LogP contribution in [0.15, 0.2) is 22.3 Å². The van der Waals surface area contributed by atoms with Crippen LogP contribution in [0.4, 0.5) is 0 Å². The molecule has 114 valence electrons. The van der Waals surface area contributed by atoms with Crippen molar-refractivity contribution in [3.05, 3.63) is 22.3 Å². The van der Waals surface area contributed by atoms with Crippen LogP contribution in [0.25, 0.3) is 0 Å². The lowest BCUT2D eigenvalue weighted by Crippen LogP contribution is -2.20. The summed E-state index contributed by atoms with van der Waals surface area (Å²) in [6, 6.07) is 0. The van der Waals surface area contributed by atoms with Gasteiger partial charge >= 0.3 is 0 Å². The van der Waals surface area contributed by atoms with Gasteiger partial charge in [0.15, 0.2) is 5.78 Å². The maximum absolute atomic E-state index is 11.7. The summed E-state index contributed by atoms with van der Waals surface area (Å²) in [7, 11) is 0. The normalized spacial score (nSPS) is 19.9. The number of carbonyl (C=O) groups is 1. The number of hydrogen-bond donors (Lipinski definition) is 1. The Balaban J connectivity index is 2.26. The Hall–Kier alpha value is 0.130. The highest BCUT2D eigenvalue weighted by molar-refractivity contribution is 14.1. The first-order chi connectivity index (χ1) is 9.49. The second-order valence-corrected chi connectivity index (χ2v) is 7.71. The third-order valence-corrected chi connectivity index (χ3v) is 4.57. The largest absolute Gasteiger partial charge is 0.389 e. The average molecular weight is 411 g/mol. The molecule has 0 aromatic heterocycles. The Morgan fingerprint density at radius 1 is 1.40 bits per heavy atom. The molecule has 0 spiro atoms. The maximum atomic E-state index is 11.7. The van der Waals surface area contributed by atoms with Gasteiger partial charge in [0.25, 0.3) is 0 Å². The number of alkyl halides is 1. The molecule has 0 aromatic carbocycles. The van der Waals surface area contributed by atoms with E-state index in [-0.39, 0.29) is 11.2 Å². The lowest BCUT2D eigenvalue weighted by atomic mass is 9.85. The third kappa shape index (κ3) is 7.79. The minimum Gasteiger partial charge on any atom is -0.389 e. The molecule has 0 amide bonds. The average Bonchev–Trinajstić information content (AvgIpc) is 2.42. The molecular formula is C16H24ClIO2. The van der Waals surface area contributed by atoms with Gasteiger partial charge in [0, 0.05) is 11.8 Å². The summed E-state index contributed by atoms with van der Waals surface area (Å²) in [5, 5.41) is 10.0. The SMILES string of the molecule is C=C(I)C[C@H](Cl)CCC(=O)/C=C/C(O)C1CCCCC1. The number of hydrogen-bond acceptors (Lipinski definition) is 2. The van der Waals surface area contributed by atoms with Crippen LogP contribution in [-0.4, -0.2) is 22.4 Å². The van der Waals surface area contributed by atoms with Crippen LogP contribution in [0.1, 0.15) is 51.4 Å². The predicted molar refractivity (Wildman–Crippen MR) is 93.4 cm³/mol. The highest BCUT2D eigenvalue weighted by Crippen LogP contribution is 2.27. The van der Waals surface area contributed by atoms with E-state index in [4.69, 9.17) is 11.6 Å². The number of allylic oxidation sites excluding steroid dienone is 2. The molecule has 1 rings (SSSR count). The minimum atomic E-state index is -0.472. The number of ketones is 1. The quantitative estimate of drug-likeness (QED) is 0.355. The van der Waals surface area contributed by atoms with Crippen LogP contribution < -0.4 is 0 Å². The van der Waals surface area contributed by atoms with Crippen LogP contribution in [0.3, 0.4) is 0 Å². The molecule has 0 saturated heterocycles. The van der Waals surface area contributed by atoms with Crippen LogP contribution >= 0.6 is 34.2 Å². The first kappa shape index (κ1) is 18.2. The fourth-order valence-corrected chi connectivity index (χ4v) is 3.65. The fraction of sp³-hybridized carbons (Fsp3) is 0.688. The second kappa shape index (κ2) is 9.96. The molecule has 0 radical (unpaired) electrons. The zero-order valence-electron chi connectivity index (χ0n) is 11.9. The molecule has 1 fully saturated rings. The molecule has 0 aromatic rings. The molecule has 20 heavy (non-hydrogen) atoms. The summed E-state index contributed by atoms with van der Waals surface area (Å²) >= 11 is 8.27. The summed E-state index contributed by atoms with van der Waals surface area (Å²) in [6.45, 7) is 3.80. The van der Waals surface area contributed by atoms with E-state index >= 15 is 0 Å². The summed E-state index contributed by atoms with van der Waals surface area (Å²) in [4.78, 5) is 11.7. The number of rotatable bonds is 8. The lowest BCUT2D eigenvalue weighted by molar-refractivity contribution is -0.114. The standard InChI is InChI=1S/C16H24ClIO2/c1-12(18)11-14(17)7-8-15(19)9-10-16(20)13-5-3-2-4-6-13/h9-10,13-14,16,20H,1-8,11H2/b10-9+/t14-,16?/m1/s1. The molecule has 1 unspecified atom stereocenters. The van der Waals surface area contributed by atoms with Crippen molar-refractivity contribution in [3.63, 3.8) is 0 Å². The second-order valence-electron chi connectivity index (χ2n) is 5.57. The molecule has 0 heterocycles. The molecule has 4 heteroatoms. The van der Waals surface area contributed by atoms with Crippen molar-refractivity contribution in [2.75, 3.05) is 0 Å².